The molecule has 0 spiro atoms. The number of pyridine rings is 1. The van der Waals surface area contributed by atoms with E-state index in [1.807, 2.05) is 25.1 Å². The van der Waals surface area contributed by atoms with Gasteiger partial charge in [0, 0.05) is 30.9 Å². The Bertz CT molecular complexity index is 817. The summed E-state index contributed by atoms with van der Waals surface area (Å²) in [5.41, 5.74) is 1.41. The Kier molecular flexibility index (Phi) is 5.69. The summed E-state index contributed by atoms with van der Waals surface area (Å²) < 4.78 is 0. The molecule has 1 aliphatic heterocycles. The number of hydrogen-bond acceptors (Lipinski definition) is 5. The molecular formula is C20H24N4O3. The van der Waals surface area contributed by atoms with Crippen molar-refractivity contribution in [1.29, 1.82) is 0 Å². The molecule has 1 aliphatic rings. The quantitative estimate of drug-likeness (QED) is 0.636. The Labute approximate surface area is 158 Å². The lowest BCUT2D eigenvalue weighted by atomic mass is 9.98. The fourth-order valence-corrected chi connectivity index (χ4v) is 3.27. The van der Waals surface area contributed by atoms with Gasteiger partial charge in [-0.25, -0.2) is 0 Å². The molecule has 0 unspecified atom stereocenters. The molecule has 2 aromatic rings. The molecule has 1 saturated heterocycles. The summed E-state index contributed by atoms with van der Waals surface area (Å²) in [6.07, 6.45) is 3.62. The van der Waals surface area contributed by atoms with Gasteiger partial charge in [0.1, 0.15) is 5.69 Å². The molecule has 1 atom stereocenters. The second-order valence-electron chi connectivity index (χ2n) is 7.08. The molecule has 0 bridgehead atoms. The maximum Gasteiger partial charge on any atom is 0.293 e. The number of hydrogen-bond donors (Lipinski definition) is 1. The number of nitrogens with zero attached hydrogens (tertiary/aromatic N) is 3. The fraction of sp³-hybridized carbons (Fsp3) is 0.400. The standard InChI is InChI=1S/C20H24N4O3/c1-14-8-11-23(12-9-14)20(25)16-6-7-18(19(13-16)24(26)27)22-15(2)17-5-3-4-10-21-17/h3-7,10,13-15,22H,8-9,11-12H2,1-2H3/t15-/m0/s1. The third kappa shape index (κ3) is 4.42. The number of aromatic nitrogens is 1. The summed E-state index contributed by atoms with van der Waals surface area (Å²) in [5.74, 6) is 0.470. The van der Waals surface area contributed by atoms with E-state index in [0.29, 0.717) is 30.3 Å². The summed E-state index contributed by atoms with van der Waals surface area (Å²) >= 11 is 0. The summed E-state index contributed by atoms with van der Waals surface area (Å²) in [6.45, 7) is 5.46. The molecule has 1 aromatic carbocycles. The van der Waals surface area contributed by atoms with Gasteiger partial charge in [0.2, 0.25) is 0 Å². The first-order valence-electron chi connectivity index (χ1n) is 9.21. The number of rotatable bonds is 5. The van der Waals surface area contributed by atoms with Gasteiger partial charge in [-0.05, 0) is 49.9 Å². The van der Waals surface area contributed by atoms with Crippen molar-refractivity contribution in [1.82, 2.24) is 9.88 Å². The van der Waals surface area contributed by atoms with Gasteiger partial charge in [-0.2, -0.15) is 0 Å². The van der Waals surface area contributed by atoms with Gasteiger partial charge < -0.3 is 10.2 Å². The van der Waals surface area contributed by atoms with Crippen LogP contribution in [0.15, 0.2) is 42.6 Å². The van der Waals surface area contributed by atoms with E-state index in [1.54, 1.807) is 23.2 Å². The van der Waals surface area contributed by atoms with Gasteiger partial charge in [-0.1, -0.05) is 13.0 Å². The number of amides is 1. The largest absolute Gasteiger partial charge is 0.371 e. The number of benzene rings is 1. The lowest BCUT2D eigenvalue weighted by molar-refractivity contribution is -0.384. The van der Waals surface area contributed by atoms with Crippen LogP contribution in [0.5, 0.6) is 0 Å². The number of piperidine rings is 1. The molecule has 27 heavy (non-hydrogen) atoms. The summed E-state index contributed by atoms with van der Waals surface area (Å²) in [7, 11) is 0. The van der Waals surface area contributed by atoms with Crippen molar-refractivity contribution in [2.75, 3.05) is 18.4 Å². The van der Waals surface area contributed by atoms with Crippen molar-refractivity contribution in [2.45, 2.75) is 32.7 Å². The van der Waals surface area contributed by atoms with Gasteiger partial charge in [0.25, 0.3) is 11.6 Å². The third-order valence-electron chi connectivity index (χ3n) is 5.02. The van der Waals surface area contributed by atoms with Crippen molar-refractivity contribution in [3.05, 3.63) is 64.0 Å². The number of carbonyl (C=O) groups excluding carboxylic acids is 1. The molecule has 0 aliphatic carbocycles. The van der Waals surface area contributed by atoms with Crippen LogP contribution in [0.1, 0.15) is 48.8 Å². The number of anilines is 1. The first kappa shape index (κ1) is 18.8. The molecule has 2 heterocycles. The predicted molar refractivity (Wildman–Crippen MR) is 104 cm³/mol. The van der Waals surface area contributed by atoms with Crippen molar-refractivity contribution < 1.29 is 9.72 Å². The highest BCUT2D eigenvalue weighted by atomic mass is 16.6. The van der Waals surface area contributed by atoms with Crippen LogP contribution in [0.4, 0.5) is 11.4 Å². The Morgan fingerprint density at radius 1 is 1.30 bits per heavy atom. The fourth-order valence-electron chi connectivity index (χ4n) is 3.27. The van der Waals surface area contributed by atoms with Crippen LogP contribution in [0.3, 0.4) is 0 Å². The van der Waals surface area contributed by atoms with Crippen LogP contribution in [0, 0.1) is 16.0 Å². The number of carbonyl (C=O) groups is 1. The topological polar surface area (TPSA) is 88.4 Å². The molecule has 142 valence electrons. The third-order valence-corrected chi connectivity index (χ3v) is 5.02. The van der Waals surface area contributed by atoms with Gasteiger partial charge in [0.15, 0.2) is 0 Å². The van der Waals surface area contributed by atoms with Crippen LogP contribution >= 0.6 is 0 Å². The number of likely N-dealkylation sites (tertiary alicyclic amines) is 1. The average molecular weight is 368 g/mol. The van der Waals surface area contributed by atoms with Crippen molar-refractivity contribution in [3.8, 4) is 0 Å². The first-order chi connectivity index (χ1) is 13.0. The molecule has 7 heteroatoms. The lowest BCUT2D eigenvalue weighted by Crippen LogP contribution is -2.37. The summed E-state index contributed by atoms with van der Waals surface area (Å²) in [5, 5.41) is 14.7. The zero-order valence-electron chi connectivity index (χ0n) is 15.6. The predicted octanol–water partition coefficient (Wildman–Crippen LogP) is 4.04. The summed E-state index contributed by atoms with van der Waals surface area (Å²) in [4.78, 5) is 29.9. The van der Waals surface area contributed by atoms with Crippen LogP contribution < -0.4 is 5.32 Å². The molecule has 1 N–H and O–H groups in total. The normalized spacial score (nSPS) is 16.0. The first-order valence-corrected chi connectivity index (χ1v) is 9.21. The van der Waals surface area contributed by atoms with E-state index < -0.39 is 4.92 Å². The molecule has 0 radical (unpaired) electrons. The minimum absolute atomic E-state index is 0.103. The van der Waals surface area contributed by atoms with Crippen LogP contribution in [-0.2, 0) is 0 Å². The Morgan fingerprint density at radius 3 is 2.67 bits per heavy atom. The minimum Gasteiger partial charge on any atom is -0.371 e. The van der Waals surface area contributed by atoms with Gasteiger partial charge >= 0.3 is 0 Å². The van der Waals surface area contributed by atoms with Crippen molar-refractivity contribution in [2.24, 2.45) is 5.92 Å². The van der Waals surface area contributed by atoms with E-state index >= 15 is 0 Å². The van der Waals surface area contributed by atoms with E-state index in [0.717, 1.165) is 18.5 Å². The van der Waals surface area contributed by atoms with E-state index in [4.69, 9.17) is 0 Å². The maximum atomic E-state index is 12.7. The molecule has 3 rings (SSSR count). The van der Waals surface area contributed by atoms with Crippen molar-refractivity contribution >= 4 is 17.3 Å². The highest BCUT2D eigenvalue weighted by Crippen LogP contribution is 2.30. The Balaban J connectivity index is 1.80. The van der Waals surface area contributed by atoms with E-state index in [-0.39, 0.29) is 17.6 Å². The van der Waals surface area contributed by atoms with E-state index in [1.165, 1.54) is 6.07 Å². The van der Waals surface area contributed by atoms with Crippen LogP contribution in [0.2, 0.25) is 0 Å². The molecule has 1 aromatic heterocycles. The van der Waals surface area contributed by atoms with Crippen LogP contribution in [-0.4, -0.2) is 33.8 Å². The maximum absolute atomic E-state index is 12.7. The summed E-state index contributed by atoms with van der Waals surface area (Å²) in [6, 6.07) is 9.98. The molecule has 1 amide bonds. The Morgan fingerprint density at radius 2 is 2.04 bits per heavy atom. The SMILES string of the molecule is CC1CCN(C(=O)c2ccc(N[C@@H](C)c3ccccn3)c([N+](=O)[O-])c2)CC1. The van der Waals surface area contributed by atoms with Gasteiger partial charge in [0.05, 0.1) is 16.7 Å². The minimum atomic E-state index is -0.456. The highest BCUT2D eigenvalue weighted by Gasteiger charge is 2.24. The number of nitro benzene ring substituents is 1. The smallest absolute Gasteiger partial charge is 0.293 e. The second kappa shape index (κ2) is 8.16. The van der Waals surface area contributed by atoms with E-state index in [2.05, 4.69) is 17.2 Å². The number of nitro groups is 1. The van der Waals surface area contributed by atoms with Crippen LogP contribution in [0.25, 0.3) is 0 Å². The average Bonchev–Trinajstić information content (AvgIpc) is 2.69. The van der Waals surface area contributed by atoms with Gasteiger partial charge in [-0.3, -0.25) is 19.9 Å². The van der Waals surface area contributed by atoms with Gasteiger partial charge in [-0.15, -0.1) is 0 Å². The van der Waals surface area contributed by atoms with Crippen molar-refractivity contribution in [3.63, 3.8) is 0 Å². The number of nitrogens with one attached hydrogen (secondary N) is 1. The zero-order valence-corrected chi connectivity index (χ0v) is 15.6. The molecular weight excluding hydrogens is 344 g/mol. The highest BCUT2D eigenvalue weighted by molar-refractivity contribution is 5.95. The molecule has 0 saturated carbocycles. The van der Waals surface area contributed by atoms with E-state index in [9.17, 15) is 14.9 Å². The molecule has 1 fully saturated rings. The second-order valence-corrected chi connectivity index (χ2v) is 7.08. The zero-order chi connectivity index (χ0) is 19.4. The monoisotopic (exact) mass is 368 g/mol. The Hall–Kier alpha value is -2.96. The lowest BCUT2D eigenvalue weighted by Gasteiger charge is -2.30. The molecule has 7 nitrogen and oxygen atoms in total.